The summed E-state index contributed by atoms with van der Waals surface area (Å²) in [5.74, 6) is -1.34. The minimum absolute atomic E-state index is 0.0732. The summed E-state index contributed by atoms with van der Waals surface area (Å²) in [5, 5.41) is 13.3. The second-order valence-electron chi connectivity index (χ2n) is 10.0. The van der Waals surface area contributed by atoms with Crippen molar-refractivity contribution in [2.45, 2.75) is 5.92 Å². The lowest BCUT2D eigenvalue weighted by Gasteiger charge is -2.33. The van der Waals surface area contributed by atoms with Gasteiger partial charge in [-0.05, 0) is 17.7 Å². The van der Waals surface area contributed by atoms with Crippen LogP contribution in [0.2, 0.25) is 0 Å². The number of nitro groups is 1. The second-order valence-corrected chi connectivity index (χ2v) is 10.0. The van der Waals surface area contributed by atoms with Crippen molar-refractivity contribution in [1.82, 2.24) is 9.97 Å². The Bertz CT molecular complexity index is 2220. The summed E-state index contributed by atoms with van der Waals surface area (Å²) in [6.07, 6.45) is 0. The maximum atomic E-state index is 14.2. The first-order chi connectivity index (χ1) is 20.0. The van der Waals surface area contributed by atoms with Crippen molar-refractivity contribution < 1.29 is 19.2 Å². The summed E-state index contributed by atoms with van der Waals surface area (Å²) in [5.41, 5.74) is 3.99. The van der Waals surface area contributed by atoms with Crippen LogP contribution in [0.25, 0.3) is 32.8 Å². The van der Waals surface area contributed by atoms with Gasteiger partial charge >= 0.3 is 0 Å². The van der Waals surface area contributed by atoms with Crippen molar-refractivity contribution in [2.75, 3.05) is 0 Å². The Balaban J connectivity index is 1.55. The fraction of sp³-hybridized carbons (Fsp3) is 0.0303. The first-order valence-electron chi connectivity index (χ1n) is 13.0. The minimum atomic E-state index is -0.874. The highest BCUT2D eigenvalue weighted by Gasteiger charge is 2.44. The van der Waals surface area contributed by atoms with Crippen LogP contribution in [0, 0.1) is 10.1 Å². The highest BCUT2D eigenvalue weighted by Crippen LogP contribution is 2.52. The first-order valence-corrected chi connectivity index (χ1v) is 13.0. The van der Waals surface area contributed by atoms with Gasteiger partial charge in [0.2, 0.25) is 5.78 Å². The fourth-order valence-corrected chi connectivity index (χ4v) is 6.03. The lowest BCUT2D eigenvalue weighted by Crippen LogP contribution is -2.32. The van der Waals surface area contributed by atoms with E-state index in [1.807, 2.05) is 48.5 Å². The van der Waals surface area contributed by atoms with Gasteiger partial charge in [-0.3, -0.25) is 19.7 Å². The Morgan fingerprint density at radius 2 is 1.34 bits per heavy atom. The molecule has 2 aliphatic rings. The molecule has 0 amide bonds. The number of carbonyl (C=O) groups excluding carboxylic acids is 2. The van der Waals surface area contributed by atoms with Crippen molar-refractivity contribution in [3.63, 3.8) is 0 Å². The molecular formula is C33H17N3O5. The van der Waals surface area contributed by atoms with E-state index in [9.17, 15) is 19.7 Å². The van der Waals surface area contributed by atoms with Crippen molar-refractivity contribution in [3.05, 3.63) is 141 Å². The van der Waals surface area contributed by atoms with E-state index in [1.54, 1.807) is 36.4 Å². The van der Waals surface area contributed by atoms with Crippen LogP contribution in [0.15, 0.2) is 108 Å². The van der Waals surface area contributed by atoms with Crippen LogP contribution in [-0.4, -0.2) is 26.5 Å². The molecule has 1 atom stereocenters. The molecule has 0 radical (unpaired) electrons. The maximum Gasteiger partial charge on any atom is 0.269 e. The van der Waals surface area contributed by atoms with Crippen LogP contribution in [0.4, 0.5) is 5.69 Å². The topological polar surface area (TPSA) is 112 Å². The van der Waals surface area contributed by atoms with Gasteiger partial charge in [0.05, 0.1) is 32.6 Å². The number of nitro benzene ring substituents is 1. The van der Waals surface area contributed by atoms with Crippen molar-refractivity contribution in [1.29, 1.82) is 0 Å². The van der Waals surface area contributed by atoms with Crippen LogP contribution in [0.3, 0.4) is 0 Å². The van der Waals surface area contributed by atoms with Crippen molar-refractivity contribution >= 4 is 50.1 Å². The molecule has 8 rings (SSSR count). The van der Waals surface area contributed by atoms with Crippen LogP contribution >= 0.6 is 0 Å². The van der Waals surface area contributed by atoms with Gasteiger partial charge in [-0.15, -0.1) is 0 Å². The van der Waals surface area contributed by atoms with E-state index < -0.39 is 16.6 Å². The van der Waals surface area contributed by atoms with E-state index in [-0.39, 0.29) is 33.9 Å². The number of aromatic nitrogens is 2. The van der Waals surface area contributed by atoms with E-state index in [0.717, 1.165) is 5.39 Å². The third-order valence-electron chi connectivity index (χ3n) is 7.80. The largest absolute Gasteiger partial charge is 0.452 e. The SMILES string of the molecule is O=C1C2=C(C(=O)c3ccccc31)C(c1cccc([N+](=O)[O-])c1)c1c(c3ccccc3c3nc4ccccc4nc13)O2. The number of ether oxygens (including phenoxy) is 1. The number of allylic oxidation sites excluding steroid dienone is 2. The lowest BCUT2D eigenvalue weighted by atomic mass is 9.74. The highest BCUT2D eigenvalue weighted by molar-refractivity contribution is 6.28. The summed E-state index contributed by atoms with van der Waals surface area (Å²) < 4.78 is 6.45. The maximum absolute atomic E-state index is 14.2. The number of benzene rings is 5. The Morgan fingerprint density at radius 1 is 0.707 bits per heavy atom. The molecule has 41 heavy (non-hydrogen) atoms. The average Bonchev–Trinajstić information content (AvgIpc) is 3.02. The number of hydrogen-bond donors (Lipinski definition) is 0. The molecule has 1 aromatic heterocycles. The molecule has 0 saturated carbocycles. The molecule has 8 nitrogen and oxygen atoms in total. The first kappa shape index (κ1) is 23.2. The standard InChI is InChI=1S/C33H17N3O5/c37-30-20-11-2-3-12-21(20)31(38)33-27(30)25(17-8-7-9-18(16-17)36(39)40)26-29-28(34-23-14-5-6-15-24(23)35-29)19-10-1-4-13-22(19)32(26)41-33/h1-16,25H. The third kappa shape index (κ3) is 3.21. The Kier molecular flexibility index (Phi) is 4.73. The molecule has 1 aliphatic carbocycles. The molecule has 2 heterocycles. The zero-order valence-corrected chi connectivity index (χ0v) is 21.2. The Hall–Kier alpha value is -5.76. The van der Waals surface area contributed by atoms with Crippen LogP contribution in [0.5, 0.6) is 5.75 Å². The third-order valence-corrected chi connectivity index (χ3v) is 7.80. The molecule has 0 fully saturated rings. The number of para-hydroxylation sites is 2. The molecule has 5 aromatic carbocycles. The Morgan fingerprint density at radius 3 is 2.07 bits per heavy atom. The molecule has 194 valence electrons. The molecule has 0 spiro atoms. The number of Topliss-reactive ketones (excluding diaryl/α,β-unsaturated/α-hetero) is 2. The monoisotopic (exact) mass is 535 g/mol. The number of fused-ring (bicyclic) bond motifs is 8. The van der Waals surface area contributed by atoms with Crippen LogP contribution in [-0.2, 0) is 0 Å². The molecular weight excluding hydrogens is 518 g/mol. The van der Waals surface area contributed by atoms with Crippen molar-refractivity contribution in [3.8, 4) is 5.75 Å². The second kappa shape index (κ2) is 8.37. The number of rotatable bonds is 2. The van der Waals surface area contributed by atoms with Gasteiger partial charge in [0.1, 0.15) is 5.75 Å². The number of carbonyl (C=O) groups is 2. The highest BCUT2D eigenvalue weighted by atomic mass is 16.6. The molecule has 6 aromatic rings. The summed E-state index contributed by atoms with van der Waals surface area (Å²) in [7, 11) is 0. The summed E-state index contributed by atoms with van der Waals surface area (Å²) >= 11 is 0. The van der Waals surface area contributed by atoms with Crippen LogP contribution in [0.1, 0.15) is 37.8 Å². The fourth-order valence-electron chi connectivity index (χ4n) is 6.03. The molecule has 0 N–H and O–H groups in total. The molecule has 8 heteroatoms. The number of hydrogen-bond acceptors (Lipinski definition) is 7. The van der Waals surface area contributed by atoms with E-state index in [0.29, 0.717) is 44.3 Å². The van der Waals surface area contributed by atoms with Gasteiger partial charge in [-0.1, -0.05) is 72.8 Å². The predicted molar refractivity (Wildman–Crippen MR) is 152 cm³/mol. The number of nitrogens with zero attached hydrogens (tertiary/aromatic N) is 3. The van der Waals surface area contributed by atoms with Gasteiger partial charge < -0.3 is 4.74 Å². The summed E-state index contributed by atoms with van der Waals surface area (Å²) in [6.45, 7) is 0. The van der Waals surface area contributed by atoms with E-state index in [1.165, 1.54) is 12.1 Å². The zero-order valence-electron chi connectivity index (χ0n) is 21.2. The van der Waals surface area contributed by atoms with Gasteiger partial charge in [0, 0.05) is 45.5 Å². The Labute approximate surface area is 231 Å². The van der Waals surface area contributed by atoms with E-state index >= 15 is 0 Å². The van der Waals surface area contributed by atoms with E-state index in [4.69, 9.17) is 14.7 Å². The van der Waals surface area contributed by atoms with Gasteiger partial charge in [0.15, 0.2) is 11.5 Å². The van der Waals surface area contributed by atoms with Crippen LogP contribution < -0.4 is 4.74 Å². The minimum Gasteiger partial charge on any atom is -0.452 e. The van der Waals surface area contributed by atoms with Gasteiger partial charge in [0.25, 0.3) is 5.69 Å². The molecule has 1 unspecified atom stereocenters. The lowest BCUT2D eigenvalue weighted by molar-refractivity contribution is -0.384. The molecule has 1 aliphatic heterocycles. The average molecular weight is 536 g/mol. The number of ketones is 2. The smallest absolute Gasteiger partial charge is 0.269 e. The molecule has 0 bridgehead atoms. The normalized spacial score (nSPS) is 16.0. The number of non-ortho nitro benzene ring substituents is 1. The predicted octanol–water partition coefficient (Wildman–Crippen LogP) is 6.70. The summed E-state index contributed by atoms with van der Waals surface area (Å²) in [4.78, 5) is 49.3. The van der Waals surface area contributed by atoms with Gasteiger partial charge in [-0.25, -0.2) is 9.97 Å². The van der Waals surface area contributed by atoms with Crippen molar-refractivity contribution in [2.24, 2.45) is 0 Å². The summed E-state index contributed by atoms with van der Waals surface area (Å²) in [6, 6.07) is 27.8. The zero-order chi connectivity index (χ0) is 27.8. The molecule has 0 saturated heterocycles. The van der Waals surface area contributed by atoms with E-state index in [2.05, 4.69) is 0 Å². The quantitative estimate of drug-likeness (QED) is 0.105. The van der Waals surface area contributed by atoms with Gasteiger partial charge in [-0.2, -0.15) is 0 Å².